The van der Waals surface area contributed by atoms with Gasteiger partial charge in [-0.05, 0) is 42.9 Å². The largest absolute Gasteiger partial charge is 0.497 e. The van der Waals surface area contributed by atoms with E-state index in [-0.39, 0.29) is 11.9 Å². The Hall–Kier alpha value is -2.11. The maximum Gasteiger partial charge on any atom is 0.125 e. The van der Waals surface area contributed by atoms with E-state index in [0.29, 0.717) is 12.2 Å². The minimum Gasteiger partial charge on any atom is -0.497 e. The Kier molecular flexibility index (Phi) is 5.96. The zero-order chi connectivity index (χ0) is 16.8. The number of methoxy groups -OCH3 is 1. The number of aliphatic hydroxyl groups is 1. The Labute approximate surface area is 136 Å². The van der Waals surface area contributed by atoms with E-state index < -0.39 is 6.10 Å². The molecule has 2 rings (SSSR count). The van der Waals surface area contributed by atoms with Gasteiger partial charge in [0.05, 0.1) is 19.3 Å². The van der Waals surface area contributed by atoms with Gasteiger partial charge in [0.25, 0.3) is 0 Å². The molecule has 2 atom stereocenters. The molecule has 23 heavy (non-hydrogen) atoms. The van der Waals surface area contributed by atoms with Crippen LogP contribution in [0.5, 0.6) is 5.75 Å². The number of anilines is 1. The van der Waals surface area contributed by atoms with Crippen molar-refractivity contribution >= 4 is 5.69 Å². The van der Waals surface area contributed by atoms with Crippen molar-refractivity contribution in [2.24, 2.45) is 0 Å². The van der Waals surface area contributed by atoms with E-state index in [0.717, 1.165) is 11.3 Å². The van der Waals surface area contributed by atoms with Crippen molar-refractivity contribution in [2.45, 2.75) is 12.1 Å². The summed E-state index contributed by atoms with van der Waals surface area (Å²) in [6, 6.07) is 13.6. The van der Waals surface area contributed by atoms with Crippen molar-refractivity contribution < 1.29 is 14.2 Å². The maximum atomic E-state index is 13.5. The molecule has 0 heterocycles. The van der Waals surface area contributed by atoms with Crippen molar-refractivity contribution in [1.29, 1.82) is 0 Å². The van der Waals surface area contributed by atoms with Crippen molar-refractivity contribution in [1.82, 2.24) is 5.32 Å². The van der Waals surface area contributed by atoms with Crippen molar-refractivity contribution in [3.63, 3.8) is 0 Å². The lowest BCUT2D eigenvalue weighted by Crippen LogP contribution is -2.39. The fourth-order valence-corrected chi connectivity index (χ4v) is 2.68. The molecule has 2 unspecified atom stereocenters. The zero-order valence-corrected chi connectivity index (χ0v) is 13.7. The number of nitrogens with zero attached hydrogens (tertiary/aromatic N) is 1. The van der Waals surface area contributed by atoms with Crippen molar-refractivity contribution in [3.8, 4) is 5.75 Å². The summed E-state index contributed by atoms with van der Waals surface area (Å²) >= 11 is 0. The molecule has 5 heteroatoms. The average molecular weight is 318 g/mol. The van der Waals surface area contributed by atoms with E-state index in [1.165, 1.54) is 12.1 Å². The number of hydrogen-bond donors (Lipinski definition) is 2. The van der Waals surface area contributed by atoms with Crippen LogP contribution in [0.15, 0.2) is 48.5 Å². The summed E-state index contributed by atoms with van der Waals surface area (Å²) in [5.41, 5.74) is 1.64. The van der Waals surface area contributed by atoms with Gasteiger partial charge in [-0.3, -0.25) is 0 Å². The van der Waals surface area contributed by atoms with Crippen LogP contribution in [-0.2, 0) is 0 Å². The summed E-state index contributed by atoms with van der Waals surface area (Å²) in [6.07, 6.45) is -0.651. The predicted octanol–water partition coefficient (Wildman–Crippen LogP) is 2.59. The summed E-state index contributed by atoms with van der Waals surface area (Å²) in [7, 11) is 5.25. The molecule has 0 saturated heterocycles. The molecule has 2 aromatic rings. The van der Waals surface area contributed by atoms with Gasteiger partial charge in [-0.2, -0.15) is 0 Å². The third-order valence-electron chi connectivity index (χ3n) is 3.87. The molecule has 0 aliphatic rings. The topological polar surface area (TPSA) is 44.7 Å². The first kappa shape index (κ1) is 17.2. The van der Waals surface area contributed by atoms with E-state index in [4.69, 9.17) is 4.74 Å². The molecule has 124 valence electrons. The van der Waals surface area contributed by atoms with Crippen LogP contribution in [0.2, 0.25) is 0 Å². The van der Waals surface area contributed by atoms with E-state index in [1.54, 1.807) is 20.2 Å². The predicted molar refractivity (Wildman–Crippen MR) is 90.5 cm³/mol. The van der Waals surface area contributed by atoms with Gasteiger partial charge in [-0.1, -0.05) is 18.2 Å². The number of halogens is 1. The fourth-order valence-electron chi connectivity index (χ4n) is 2.68. The number of hydrogen-bond acceptors (Lipinski definition) is 4. The molecule has 0 fully saturated rings. The second-order valence-electron chi connectivity index (χ2n) is 5.43. The molecule has 0 saturated carbocycles. The first-order valence-electron chi connectivity index (χ1n) is 7.52. The van der Waals surface area contributed by atoms with Gasteiger partial charge in [-0.25, -0.2) is 4.39 Å². The Bertz CT molecular complexity index is 619. The van der Waals surface area contributed by atoms with Crippen LogP contribution < -0.4 is 15.0 Å². The van der Waals surface area contributed by atoms with Crippen LogP contribution in [0.4, 0.5) is 10.1 Å². The fraction of sp³-hybridized carbons (Fsp3) is 0.333. The van der Waals surface area contributed by atoms with E-state index >= 15 is 0 Å². The first-order valence-corrected chi connectivity index (χ1v) is 7.52. The maximum absolute atomic E-state index is 13.5. The molecular formula is C18H23FN2O2. The highest BCUT2D eigenvalue weighted by Crippen LogP contribution is 2.30. The average Bonchev–Trinajstić information content (AvgIpc) is 2.56. The Morgan fingerprint density at radius 2 is 1.91 bits per heavy atom. The van der Waals surface area contributed by atoms with Gasteiger partial charge < -0.3 is 20.1 Å². The number of aliphatic hydroxyl groups excluding tert-OH is 1. The van der Waals surface area contributed by atoms with E-state index in [9.17, 15) is 9.50 Å². The lowest BCUT2D eigenvalue weighted by atomic mass is 9.99. The quantitative estimate of drug-likeness (QED) is 0.824. The molecule has 0 aliphatic heterocycles. The summed E-state index contributed by atoms with van der Waals surface area (Å²) in [5.74, 6) is 0.454. The van der Waals surface area contributed by atoms with Gasteiger partial charge in [-0.15, -0.1) is 0 Å². The number of ether oxygens (including phenoxy) is 1. The lowest BCUT2D eigenvalue weighted by molar-refractivity contribution is 0.142. The molecule has 2 N–H and O–H groups in total. The normalized spacial score (nSPS) is 13.4. The number of nitrogens with one attached hydrogen (secondary N) is 1. The molecule has 0 aromatic heterocycles. The zero-order valence-electron chi connectivity index (χ0n) is 13.7. The van der Waals surface area contributed by atoms with Crippen LogP contribution in [0.25, 0.3) is 0 Å². The van der Waals surface area contributed by atoms with Crippen LogP contribution in [0, 0.1) is 5.82 Å². The van der Waals surface area contributed by atoms with E-state index in [1.807, 2.05) is 42.3 Å². The third-order valence-corrected chi connectivity index (χ3v) is 3.87. The van der Waals surface area contributed by atoms with Crippen LogP contribution in [0.3, 0.4) is 0 Å². The second kappa shape index (κ2) is 7.94. The van der Waals surface area contributed by atoms with Gasteiger partial charge in [0, 0.05) is 19.3 Å². The lowest BCUT2D eigenvalue weighted by Gasteiger charge is -2.34. The van der Waals surface area contributed by atoms with E-state index in [2.05, 4.69) is 5.32 Å². The number of likely N-dealkylation sites (N-methyl/N-ethyl adjacent to an activating group) is 2. The Morgan fingerprint density at radius 1 is 1.22 bits per heavy atom. The molecule has 0 spiro atoms. The van der Waals surface area contributed by atoms with Gasteiger partial charge in [0.15, 0.2) is 0 Å². The van der Waals surface area contributed by atoms with Crippen molar-refractivity contribution in [2.75, 3.05) is 32.6 Å². The van der Waals surface area contributed by atoms with Crippen LogP contribution >= 0.6 is 0 Å². The monoisotopic (exact) mass is 318 g/mol. The molecule has 4 nitrogen and oxygen atoms in total. The minimum absolute atomic E-state index is 0.300. The molecule has 0 aliphatic carbocycles. The molecule has 2 aromatic carbocycles. The van der Waals surface area contributed by atoms with Crippen LogP contribution in [0.1, 0.15) is 11.6 Å². The van der Waals surface area contributed by atoms with Gasteiger partial charge in [0.2, 0.25) is 0 Å². The molecule has 0 amide bonds. The minimum atomic E-state index is -0.651. The smallest absolute Gasteiger partial charge is 0.125 e. The summed E-state index contributed by atoms with van der Waals surface area (Å²) in [4.78, 5) is 1.88. The highest BCUT2D eigenvalue weighted by molar-refractivity contribution is 5.49. The van der Waals surface area contributed by atoms with Gasteiger partial charge in [0.1, 0.15) is 11.6 Å². The highest BCUT2D eigenvalue weighted by atomic mass is 19.1. The van der Waals surface area contributed by atoms with Crippen LogP contribution in [-0.4, -0.2) is 39.0 Å². The molecular weight excluding hydrogens is 295 g/mol. The number of rotatable bonds is 7. The Balaban J connectivity index is 2.36. The summed E-state index contributed by atoms with van der Waals surface area (Å²) in [5, 5.41) is 13.5. The van der Waals surface area contributed by atoms with Gasteiger partial charge >= 0.3 is 0 Å². The summed E-state index contributed by atoms with van der Waals surface area (Å²) < 4.78 is 18.7. The molecule has 0 bridgehead atoms. The first-order chi connectivity index (χ1) is 11.1. The Morgan fingerprint density at radius 3 is 2.48 bits per heavy atom. The summed E-state index contributed by atoms with van der Waals surface area (Å²) in [6.45, 7) is 0.427. The third kappa shape index (κ3) is 4.21. The highest BCUT2D eigenvalue weighted by Gasteiger charge is 2.25. The number of benzene rings is 2. The molecule has 0 radical (unpaired) electrons. The standard InChI is InChI=1S/C18H23FN2O2/c1-20-12-17(22)18(13-7-9-16(23-3)10-8-13)21(2)15-6-4-5-14(19)11-15/h4-11,17-18,20,22H,12H2,1-3H3. The second-order valence-corrected chi connectivity index (χ2v) is 5.43. The SMILES string of the molecule is CNCC(O)C(c1ccc(OC)cc1)N(C)c1cccc(F)c1. The van der Waals surface area contributed by atoms with Crippen molar-refractivity contribution in [3.05, 3.63) is 59.9 Å².